The predicted molar refractivity (Wildman–Crippen MR) is 128 cm³/mol. The molecule has 0 spiro atoms. The summed E-state index contributed by atoms with van der Waals surface area (Å²) in [5.74, 6) is 3.54. The molecule has 2 heterocycles. The summed E-state index contributed by atoms with van der Waals surface area (Å²) in [4.78, 5) is 14.9. The third kappa shape index (κ3) is 5.39. The number of hydrogen-bond acceptors (Lipinski definition) is 6. The molecule has 1 N–H and O–H groups in total. The zero-order valence-corrected chi connectivity index (χ0v) is 19.1. The maximum absolute atomic E-state index is 9.20. The van der Waals surface area contributed by atoms with Crippen molar-refractivity contribution in [1.82, 2.24) is 14.9 Å². The van der Waals surface area contributed by atoms with Gasteiger partial charge in [-0.25, -0.2) is 4.98 Å². The van der Waals surface area contributed by atoms with Gasteiger partial charge < -0.3 is 10.2 Å². The van der Waals surface area contributed by atoms with Crippen LogP contribution in [0.25, 0.3) is 0 Å². The molecule has 1 saturated heterocycles. The van der Waals surface area contributed by atoms with E-state index in [1.165, 1.54) is 45.2 Å². The molecule has 3 fully saturated rings. The zero-order valence-electron chi connectivity index (χ0n) is 19.1. The maximum atomic E-state index is 9.20. The van der Waals surface area contributed by atoms with E-state index >= 15 is 0 Å². The molecule has 5 rings (SSSR count). The molecule has 2 aromatic rings. The second-order valence-corrected chi connectivity index (χ2v) is 9.84. The van der Waals surface area contributed by atoms with Gasteiger partial charge in [0.1, 0.15) is 5.82 Å². The summed E-state index contributed by atoms with van der Waals surface area (Å²) in [7, 11) is 0. The first-order valence-electron chi connectivity index (χ1n) is 12.3. The molecular formula is C26H34N6. The molecule has 1 aromatic carbocycles. The van der Waals surface area contributed by atoms with Gasteiger partial charge in [-0.05, 0) is 68.6 Å². The molecule has 3 aliphatic rings. The fraction of sp³-hybridized carbons (Fsp3) is 0.577. The minimum atomic E-state index is 0.623. The first-order valence-corrected chi connectivity index (χ1v) is 12.3. The molecule has 168 valence electrons. The highest BCUT2D eigenvalue weighted by atomic mass is 15.3. The van der Waals surface area contributed by atoms with E-state index in [0.717, 1.165) is 55.0 Å². The van der Waals surface area contributed by atoms with Crippen molar-refractivity contribution in [2.75, 3.05) is 36.4 Å². The Hall–Kier alpha value is -2.65. The van der Waals surface area contributed by atoms with Crippen LogP contribution in [0.2, 0.25) is 0 Å². The van der Waals surface area contributed by atoms with Crippen LogP contribution < -0.4 is 10.2 Å². The second-order valence-electron chi connectivity index (χ2n) is 9.84. The summed E-state index contributed by atoms with van der Waals surface area (Å²) >= 11 is 0. The van der Waals surface area contributed by atoms with Crippen molar-refractivity contribution < 1.29 is 0 Å². The van der Waals surface area contributed by atoms with Crippen molar-refractivity contribution in [3.63, 3.8) is 0 Å². The van der Waals surface area contributed by atoms with E-state index in [1.54, 1.807) is 0 Å². The van der Waals surface area contributed by atoms with Crippen LogP contribution in [0.4, 0.5) is 17.5 Å². The van der Waals surface area contributed by atoms with E-state index in [-0.39, 0.29) is 0 Å². The maximum Gasteiger partial charge on any atom is 0.229 e. The van der Waals surface area contributed by atoms with Gasteiger partial charge in [0.2, 0.25) is 5.95 Å². The summed E-state index contributed by atoms with van der Waals surface area (Å²) in [5, 5.41) is 12.5. The summed E-state index contributed by atoms with van der Waals surface area (Å²) in [6, 6.07) is 12.5. The van der Waals surface area contributed by atoms with Crippen molar-refractivity contribution in [1.29, 1.82) is 5.26 Å². The number of aromatic nitrogens is 2. The highest BCUT2D eigenvalue weighted by Crippen LogP contribution is 2.36. The third-order valence-corrected chi connectivity index (χ3v) is 6.90. The number of nitrogens with one attached hydrogen (secondary N) is 1. The highest BCUT2D eigenvalue weighted by molar-refractivity contribution is 5.58. The Kier molecular flexibility index (Phi) is 6.27. The van der Waals surface area contributed by atoms with Crippen LogP contribution in [0.15, 0.2) is 30.3 Å². The minimum absolute atomic E-state index is 0.623. The third-order valence-electron chi connectivity index (χ3n) is 6.90. The largest absolute Gasteiger partial charge is 0.355 e. The molecule has 1 aliphatic heterocycles. The Morgan fingerprint density at radius 2 is 1.88 bits per heavy atom. The van der Waals surface area contributed by atoms with Gasteiger partial charge in [-0.15, -0.1) is 0 Å². The minimum Gasteiger partial charge on any atom is -0.355 e. The van der Waals surface area contributed by atoms with Crippen LogP contribution in [0.1, 0.15) is 56.7 Å². The lowest BCUT2D eigenvalue weighted by Crippen LogP contribution is -2.40. The van der Waals surface area contributed by atoms with E-state index in [9.17, 15) is 5.26 Å². The van der Waals surface area contributed by atoms with Gasteiger partial charge in [0.05, 0.1) is 11.6 Å². The quantitative estimate of drug-likeness (QED) is 0.587. The van der Waals surface area contributed by atoms with E-state index in [2.05, 4.69) is 34.2 Å². The molecule has 2 saturated carbocycles. The number of hydrogen-bond donors (Lipinski definition) is 1. The van der Waals surface area contributed by atoms with Crippen molar-refractivity contribution >= 4 is 17.5 Å². The fourth-order valence-corrected chi connectivity index (χ4v) is 4.77. The molecule has 0 bridgehead atoms. The molecular weight excluding hydrogens is 396 g/mol. The lowest BCUT2D eigenvalue weighted by atomic mass is 10.2. The lowest BCUT2D eigenvalue weighted by Gasteiger charge is -2.29. The van der Waals surface area contributed by atoms with E-state index in [0.29, 0.717) is 17.6 Å². The van der Waals surface area contributed by atoms with Crippen LogP contribution in [0.5, 0.6) is 0 Å². The first kappa shape index (κ1) is 21.2. The monoisotopic (exact) mass is 430 g/mol. The van der Waals surface area contributed by atoms with E-state index in [4.69, 9.17) is 9.97 Å². The average Bonchev–Trinajstić information content (AvgIpc) is 3.74. The fourth-order valence-electron chi connectivity index (χ4n) is 4.77. The topological polar surface area (TPSA) is 68.1 Å². The molecule has 6 nitrogen and oxygen atoms in total. The average molecular weight is 431 g/mol. The molecule has 1 atom stereocenters. The molecule has 32 heavy (non-hydrogen) atoms. The first-order chi connectivity index (χ1) is 15.7. The molecule has 0 unspecified atom stereocenters. The number of nitrogens with zero attached hydrogens (tertiary/aromatic N) is 5. The molecule has 2 aliphatic carbocycles. The number of anilines is 3. The van der Waals surface area contributed by atoms with E-state index < -0.39 is 0 Å². The van der Waals surface area contributed by atoms with Crippen molar-refractivity contribution in [3.05, 3.63) is 41.6 Å². The lowest BCUT2D eigenvalue weighted by molar-refractivity contribution is 0.192. The predicted octanol–water partition coefficient (Wildman–Crippen LogP) is 4.75. The smallest absolute Gasteiger partial charge is 0.229 e. The number of aryl methyl sites for hydroxylation is 1. The molecule has 0 amide bonds. The van der Waals surface area contributed by atoms with Crippen LogP contribution in [-0.4, -0.2) is 47.1 Å². The van der Waals surface area contributed by atoms with Crippen molar-refractivity contribution in [2.45, 2.75) is 57.9 Å². The second kappa shape index (κ2) is 9.46. The van der Waals surface area contributed by atoms with Crippen LogP contribution >= 0.6 is 0 Å². The Morgan fingerprint density at radius 3 is 2.56 bits per heavy atom. The molecule has 1 aromatic heterocycles. The SMILES string of the molecule is CCCc1cc(N2CC[C@H](N(CC3CC3)CC3CC3)C2)nc(Nc2cccc(C#N)c2)n1. The van der Waals surface area contributed by atoms with Gasteiger partial charge >= 0.3 is 0 Å². The van der Waals surface area contributed by atoms with Crippen LogP contribution in [0.3, 0.4) is 0 Å². The summed E-state index contributed by atoms with van der Waals surface area (Å²) in [6.07, 6.45) is 8.91. The Morgan fingerprint density at radius 1 is 1.09 bits per heavy atom. The highest BCUT2D eigenvalue weighted by Gasteiger charge is 2.35. The number of nitriles is 1. The van der Waals surface area contributed by atoms with Gasteiger partial charge in [0, 0.05) is 49.7 Å². The van der Waals surface area contributed by atoms with Crippen LogP contribution in [0, 0.1) is 23.2 Å². The van der Waals surface area contributed by atoms with Gasteiger partial charge in [-0.2, -0.15) is 10.2 Å². The number of rotatable bonds is 10. The van der Waals surface area contributed by atoms with E-state index in [1.807, 2.05) is 24.3 Å². The zero-order chi connectivity index (χ0) is 21.9. The Bertz CT molecular complexity index is 961. The normalized spacial score (nSPS) is 20.5. The Balaban J connectivity index is 1.32. The number of benzene rings is 1. The summed E-state index contributed by atoms with van der Waals surface area (Å²) in [5.41, 5.74) is 2.56. The molecule has 6 heteroatoms. The standard InChI is InChI=1S/C26H34N6/c1-2-4-22-14-25(30-26(28-22)29-23-6-3-5-21(13-23)15-27)31-12-11-24(18-31)32(16-19-7-8-19)17-20-9-10-20/h3,5-6,13-14,19-20,24H,2,4,7-12,16-18H2,1H3,(H,28,29,30)/t24-/m0/s1. The van der Waals surface area contributed by atoms with Crippen molar-refractivity contribution in [3.8, 4) is 6.07 Å². The van der Waals surface area contributed by atoms with Gasteiger partial charge in [-0.1, -0.05) is 19.4 Å². The Labute approximate surface area is 191 Å². The van der Waals surface area contributed by atoms with Crippen molar-refractivity contribution in [2.24, 2.45) is 11.8 Å². The molecule has 0 radical (unpaired) electrons. The summed E-state index contributed by atoms with van der Waals surface area (Å²) in [6.45, 7) is 6.89. The van der Waals surface area contributed by atoms with Gasteiger partial charge in [-0.3, -0.25) is 4.90 Å². The van der Waals surface area contributed by atoms with Crippen LogP contribution in [-0.2, 0) is 6.42 Å². The van der Waals surface area contributed by atoms with Gasteiger partial charge in [0.15, 0.2) is 0 Å². The van der Waals surface area contributed by atoms with Gasteiger partial charge in [0.25, 0.3) is 0 Å². The summed E-state index contributed by atoms with van der Waals surface area (Å²) < 4.78 is 0.